The largest absolute Gasteiger partial charge is 0.364 e. The Morgan fingerprint density at radius 3 is 2.54 bits per heavy atom. The number of imidazole rings is 1. The van der Waals surface area contributed by atoms with Gasteiger partial charge in [0.05, 0.1) is 6.04 Å². The molecule has 1 saturated heterocycles. The summed E-state index contributed by atoms with van der Waals surface area (Å²) in [6.45, 7) is 8.01. The first-order chi connectivity index (χ1) is 17.7. The zero-order chi connectivity index (χ0) is 26.7. The Hall–Kier alpha value is -4.47. The minimum absolute atomic E-state index is 0.0288. The van der Waals surface area contributed by atoms with Crippen LogP contribution in [0.2, 0.25) is 0 Å². The van der Waals surface area contributed by atoms with Gasteiger partial charge in [0, 0.05) is 29.4 Å². The van der Waals surface area contributed by atoms with Crippen molar-refractivity contribution in [1.29, 1.82) is 0 Å². The second kappa shape index (κ2) is 10.7. The quantitative estimate of drug-likeness (QED) is 0.334. The monoisotopic (exact) mass is 501 g/mol. The SMILES string of the molecule is C=C(C)C(=O)N1CCCCC1c1nc(-c2ccc(C(=O)Nc3cc(CC)ccn3)cc2)c(C(N)=O)n1N. The number of aryl methyl sites for hydroxylation is 1. The van der Waals surface area contributed by atoms with Crippen LogP contribution in [0.4, 0.5) is 5.82 Å². The van der Waals surface area contributed by atoms with E-state index in [0.29, 0.717) is 47.0 Å². The van der Waals surface area contributed by atoms with Crippen LogP contribution in [0.25, 0.3) is 11.3 Å². The van der Waals surface area contributed by atoms with E-state index in [1.807, 2.05) is 19.1 Å². The number of piperidine rings is 1. The first kappa shape index (κ1) is 25.6. The van der Waals surface area contributed by atoms with Gasteiger partial charge < -0.3 is 21.8 Å². The first-order valence-electron chi connectivity index (χ1n) is 12.2. The highest BCUT2D eigenvalue weighted by Crippen LogP contribution is 2.34. The van der Waals surface area contributed by atoms with Crippen LogP contribution in [0, 0.1) is 0 Å². The van der Waals surface area contributed by atoms with Crippen molar-refractivity contribution in [3.8, 4) is 11.3 Å². The third-order valence-corrected chi connectivity index (χ3v) is 6.49. The predicted molar refractivity (Wildman–Crippen MR) is 141 cm³/mol. The number of likely N-dealkylation sites (tertiary alicyclic amines) is 1. The van der Waals surface area contributed by atoms with E-state index in [1.165, 1.54) is 4.68 Å². The van der Waals surface area contributed by atoms with Crippen molar-refractivity contribution in [3.63, 3.8) is 0 Å². The van der Waals surface area contributed by atoms with E-state index in [1.54, 1.807) is 42.3 Å². The maximum Gasteiger partial charge on any atom is 0.269 e. The van der Waals surface area contributed by atoms with Crippen molar-refractivity contribution in [1.82, 2.24) is 19.5 Å². The Kier molecular flexibility index (Phi) is 7.37. The van der Waals surface area contributed by atoms with Gasteiger partial charge >= 0.3 is 0 Å². The number of hydrogen-bond acceptors (Lipinski definition) is 6. The molecule has 1 aliphatic heterocycles. The summed E-state index contributed by atoms with van der Waals surface area (Å²) in [5.41, 5.74) is 8.46. The molecule has 2 aromatic heterocycles. The zero-order valence-electron chi connectivity index (χ0n) is 21.0. The summed E-state index contributed by atoms with van der Waals surface area (Å²) < 4.78 is 1.18. The Balaban J connectivity index is 1.64. The maximum absolute atomic E-state index is 12.8. The van der Waals surface area contributed by atoms with Crippen LogP contribution >= 0.6 is 0 Å². The molecule has 5 N–H and O–H groups in total. The molecule has 1 aliphatic rings. The third kappa shape index (κ3) is 5.23. The van der Waals surface area contributed by atoms with Crippen LogP contribution in [-0.4, -0.2) is 43.8 Å². The molecule has 3 heterocycles. The van der Waals surface area contributed by atoms with Crippen LogP contribution in [0.15, 0.2) is 54.7 Å². The molecular weight excluding hydrogens is 470 g/mol. The van der Waals surface area contributed by atoms with Gasteiger partial charge in [-0.1, -0.05) is 25.6 Å². The van der Waals surface area contributed by atoms with Crippen molar-refractivity contribution in [2.24, 2.45) is 5.73 Å². The minimum Gasteiger partial charge on any atom is -0.364 e. The summed E-state index contributed by atoms with van der Waals surface area (Å²) in [4.78, 5) is 48.5. The van der Waals surface area contributed by atoms with Crippen molar-refractivity contribution in [2.75, 3.05) is 17.7 Å². The number of rotatable bonds is 7. The van der Waals surface area contributed by atoms with E-state index in [9.17, 15) is 14.4 Å². The highest BCUT2D eigenvalue weighted by molar-refractivity contribution is 6.04. The summed E-state index contributed by atoms with van der Waals surface area (Å²) >= 11 is 0. The number of nitrogens with zero attached hydrogens (tertiary/aromatic N) is 4. The van der Waals surface area contributed by atoms with Gasteiger partial charge in [-0.05, 0) is 62.4 Å². The number of nitrogens with one attached hydrogen (secondary N) is 1. The number of carbonyl (C=O) groups is 3. The molecule has 0 saturated carbocycles. The normalized spacial score (nSPS) is 15.3. The molecule has 10 heteroatoms. The van der Waals surface area contributed by atoms with E-state index in [2.05, 4.69) is 21.9 Å². The number of nitrogen functional groups attached to an aromatic ring is 1. The van der Waals surface area contributed by atoms with Crippen molar-refractivity contribution in [2.45, 2.75) is 45.6 Å². The summed E-state index contributed by atoms with van der Waals surface area (Å²) in [7, 11) is 0. The number of anilines is 1. The number of primary amides is 1. The summed E-state index contributed by atoms with van der Waals surface area (Å²) in [5.74, 6) is 5.93. The maximum atomic E-state index is 12.8. The Morgan fingerprint density at radius 2 is 1.89 bits per heavy atom. The molecule has 0 spiro atoms. The van der Waals surface area contributed by atoms with Crippen molar-refractivity contribution < 1.29 is 14.4 Å². The molecule has 4 rings (SSSR count). The van der Waals surface area contributed by atoms with Gasteiger partial charge in [-0.25, -0.2) is 14.6 Å². The van der Waals surface area contributed by atoms with Crippen molar-refractivity contribution >= 4 is 23.5 Å². The van der Waals surface area contributed by atoms with Crippen LogP contribution in [0.5, 0.6) is 0 Å². The standard InChI is InChI=1S/C27H31N7O3/c1-4-17-12-13-30-21(15-17)31-26(36)19-10-8-18(9-11-19)22-23(24(28)35)34(29)25(32-22)20-7-5-6-14-33(20)27(37)16(2)3/h8-13,15,20H,2,4-7,14,29H2,1,3H3,(H2,28,35)(H,30,31,36). The van der Waals surface area contributed by atoms with Crippen molar-refractivity contribution in [3.05, 3.63) is 77.4 Å². The fourth-order valence-electron chi connectivity index (χ4n) is 4.54. The molecule has 3 aromatic rings. The number of hydrogen-bond donors (Lipinski definition) is 3. The number of nitrogens with two attached hydrogens (primary N) is 2. The van der Waals surface area contributed by atoms with E-state index < -0.39 is 11.9 Å². The number of benzene rings is 1. The molecule has 1 fully saturated rings. The molecule has 0 bridgehead atoms. The highest BCUT2D eigenvalue weighted by atomic mass is 16.2. The third-order valence-electron chi connectivity index (χ3n) is 6.49. The molecule has 192 valence electrons. The molecule has 10 nitrogen and oxygen atoms in total. The second-order valence-corrected chi connectivity index (χ2v) is 9.13. The summed E-state index contributed by atoms with van der Waals surface area (Å²) in [5, 5.41) is 2.79. The molecule has 0 radical (unpaired) electrons. The van der Waals surface area contributed by atoms with Gasteiger partial charge in [-0.2, -0.15) is 0 Å². The average Bonchev–Trinajstić information content (AvgIpc) is 3.25. The topological polar surface area (TPSA) is 149 Å². The van der Waals surface area contributed by atoms with E-state index in [4.69, 9.17) is 11.6 Å². The van der Waals surface area contributed by atoms with E-state index in [0.717, 1.165) is 24.8 Å². The van der Waals surface area contributed by atoms with Gasteiger partial charge in [0.1, 0.15) is 11.5 Å². The fraction of sp³-hybridized carbons (Fsp3) is 0.296. The number of pyridine rings is 1. The summed E-state index contributed by atoms with van der Waals surface area (Å²) in [6, 6.07) is 9.94. The van der Waals surface area contributed by atoms with E-state index in [-0.39, 0.29) is 17.5 Å². The molecule has 1 unspecified atom stereocenters. The van der Waals surface area contributed by atoms with Crippen LogP contribution in [-0.2, 0) is 11.2 Å². The van der Waals surface area contributed by atoms with E-state index >= 15 is 0 Å². The lowest BCUT2D eigenvalue weighted by Crippen LogP contribution is -2.41. The molecule has 3 amide bonds. The Morgan fingerprint density at radius 1 is 1.16 bits per heavy atom. The lowest BCUT2D eigenvalue weighted by atomic mass is 10.0. The molecule has 1 atom stereocenters. The van der Waals surface area contributed by atoms with Crippen LogP contribution < -0.4 is 16.9 Å². The molecule has 0 aliphatic carbocycles. The number of carbonyl (C=O) groups excluding carboxylic acids is 3. The highest BCUT2D eigenvalue weighted by Gasteiger charge is 2.34. The molecule has 1 aromatic carbocycles. The van der Waals surface area contributed by atoms with Gasteiger partial charge in [-0.15, -0.1) is 0 Å². The van der Waals surface area contributed by atoms with Gasteiger partial charge in [-0.3, -0.25) is 14.4 Å². The minimum atomic E-state index is -0.742. The number of amides is 3. The first-order valence-corrected chi connectivity index (χ1v) is 12.2. The molecule has 37 heavy (non-hydrogen) atoms. The summed E-state index contributed by atoms with van der Waals surface area (Å²) in [6.07, 6.45) is 4.88. The van der Waals surface area contributed by atoms with Crippen LogP contribution in [0.3, 0.4) is 0 Å². The predicted octanol–water partition coefficient (Wildman–Crippen LogP) is 3.20. The lowest BCUT2D eigenvalue weighted by Gasteiger charge is -2.35. The van der Waals surface area contributed by atoms with Crippen LogP contribution in [0.1, 0.15) is 71.4 Å². The molecular formula is C27H31N7O3. The van der Waals surface area contributed by atoms with Gasteiger partial charge in [0.25, 0.3) is 11.8 Å². The zero-order valence-corrected chi connectivity index (χ0v) is 21.0. The Bertz CT molecular complexity index is 1360. The second-order valence-electron chi connectivity index (χ2n) is 9.13. The smallest absolute Gasteiger partial charge is 0.269 e. The average molecular weight is 502 g/mol. The van der Waals surface area contributed by atoms with Gasteiger partial charge in [0.15, 0.2) is 11.5 Å². The fourth-order valence-corrected chi connectivity index (χ4v) is 4.54. The van der Waals surface area contributed by atoms with Gasteiger partial charge in [0.2, 0.25) is 5.91 Å². The Labute approximate surface area is 215 Å². The number of aromatic nitrogens is 3. The lowest BCUT2D eigenvalue weighted by molar-refractivity contribution is -0.131.